The Morgan fingerprint density at radius 3 is 2.40 bits per heavy atom. The van der Waals surface area contributed by atoms with Gasteiger partial charge in [-0.3, -0.25) is 19.1 Å². The molecule has 2 aromatic heterocycles. The number of aromatic nitrogens is 2. The fraction of sp³-hybridized carbons (Fsp3) is 0.291. The number of fused-ring (bicyclic) bond motifs is 5. The number of nitrogens with one attached hydrogen (secondary N) is 4. The number of sulfonamides is 2. The number of aliphatic imine (C=N–C) groups is 1. The number of carbonyl (C=O) groups excluding carboxylic acids is 3. The van der Waals surface area contributed by atoms with Gasteiger partial charge in [0.2, 0.25) is 11.5 Å². The second kappa shape index (κ2) is 23.2. The van der Waals surface area contributed by atoms with Crippen LogP contribution in [0.25, 0.3) is 22.3 Å². The minimum Gasteiger partial charge on any atom is -0.481 e. The maximum atomic E-state index is 14.3. The summed E-state index contributed by atoms with van der Waals surface area (Å²) < 4.78 is 72.9. The van der Waals surface area contributed by atoms with Crippen molar-refractivity contribution in [2.24, 2.45) is 32.5 Å². The average Bonchev–Trinajstić information content (AvgIpc) is 1.98. The summed E-state index contributed by atoms with van der Waals surface area (Å²) in [4.78, 5) is 76.6. The number of aliphatic carboxylic acids is 1. The van der Waals surface area contributed by atoms with Crippen molar-refractivity contribution in [3.05, 3.63) is 141 Å². The molecule has 0 saturated carbocycles. The summed E-state index contributed by atoms with van der Waals surface area (Å²) in [5.41, 5.74) is 19.3. The van der Waals surface area contributed by atoms with E-state index in [0.29, 0.717) is 47.6 Å². The summed E-state index contributed by atoms with van der Waals surface area (Å²) in [6.45, 7) is 3.74. The predicted octanol–water partition coefficient (Wildman–Crippen LogP) is 4.17. The van der Waals surface area contributed by atoms with Crippen molar-refractivity contribution < 1.29 is 50.6 Å². The number of hydrogen-bond donors (Lipinski definition) is 8. The molecular formula is C55H57N11O12S3. The number of nitrogens with two attached hydrogens (primary N) is 3. The van der Waals surface area contributed by atoms with Crippen LogP contribution in [0.4, 0.5) is 17.1 Å². The normalized spacial score (nSPS) is 16.2. The molecule has 0 spiro atoms. The summed E-state index contributed by atoms with van der Waals surface area (Å²) in [7, 11) is -8.58. The number of nitrogens with zero attached hydrogens (tertiary/aromatic N) is 4. The first kappa shape index (κ1) is 57.1. The number of esters is 2. The fourth-order valence-corrected chi connectivity index (χ4v) is 12.2. The zero-order chi connectivity index (χ0) is 58.0. The third-order valence-electron chi connectivity index (χ3n) is 13.9. The van der Waals surface area contributed by atoms with Gasteiger partial charge in [0.25, 0.3) is 25.6 Å². The second-order valence-electron chi connectivity index (χ2n) is 20.0. The van der Waals surface area contributed by atoms with Crippen LogP contribution in [-0.2, 0) is 73.9 Å². The van der Waals surface area contributed by atoms with Crippen LogP contribution in [0.2, 0.25) is 0 Å². The second-order valence-corrected chi connectivity index (χ2v) is 23.8. The van der Waals surface area contributed by atoms with E-state index in [-0.39, 0.29) is 81.3 Å². The predicted molar refractivity (Wildman–Crippen MR) is 306 cm³/mol. The highest BCUT2D eigenvalue weighted by atomic mass is 32.2. The van der Waals surface area contributed by atoms with Gasteiger partial charge in [-0.2, -0.15) is 12.8 Å². The molecule has 422 valence electrons. The number of cyclic esters (lactones) is 1. The smallest absolute Gasteiger partial charge is 0.356 e. The Morgan fingerprint density at radius 2 is 1.67 bits per heavy atom. The first-order valence-electron chi connectivity index (χ1n) is 25.6. The van der Waals surface area contributed by atoms with Gasteiger partial charge in [0.1, 0.15) is 18.7 Å². The van der Waals surface area contributed by atoms with E-state index in [0.717, 1.165) is 22.7 Å². The minimum absolute atomic E-state index is 0.0153. The fourth-order valence-electron chi connectivity index (χ4n) is 9.99. The molecule has 9 rings (SSSR count). The summed E-state index contributed by atoms with van der Waals surface area (Å²) >= 11 is 5.65. The van der Waals surface area contributed by atoms with Crippen molar-refractivity contribution in [1.82, 2.24) is 20.2 Å². The Kier molecular flexibility index (Phi) is 16.4. The summed E-state index contributed by atoms with van der Waals surface area (Å²) in [5.74, 6) is -5.49. The Labute approximate surface area is 470 Å². The van der Waals surface area contributed by atoms with Crippen molar-refractivity contribution in [2.45, 2.75) is 92.5 Å². The van der Waals surface area contributed by atoms with Crippen LogP contribution in [0, 0.1) is 5.92 Å². The van der Waals surface area contributed by atoms with Crippen LogP contribution in [0.5, 0.6) is 0 Å². The van der Waals surface area contributed by atoms with Gasteiger partial charge in [0.15, 0.2) is 5.96 Å². The molecule has 3 aliphatic rings. The Balaban J connectivity index is 0.835. The summed E-state index contributed by atoms with van der Waals surface area (Å²) in [6.07, 6.45) is 1.68. The number of benzene rings is 4. The zero-order valence-electron chi connectivity index (χ0n) is 43.7. The molecule has 4 heterocycles. The van der Waals surface area contributed by atoms with Crippen molar-refractivity contribution in [3.8, 4) is 11.4 Å². The highest BCUT2D eigenvalue weighted by Crippen LogP contribution is 2.52. The van der Waals surface area contributed by atoms with Crippen LogP contribution in [0.15, 0.2) is 127 Å². The molecule has 4 aromatic carbocycles. The number of hydrogen-bond acceptors (Lipinski definition) is 16. The first-order valence-corrected chi connectivity index (χ1v) is 29.0. The SMILES string of the molecule is CC(C)[C@H](NC(=O)[C@H](CCCCN)NC(=S)CNc1ccc(S(=O)(=O)/N=C/C(CC(=O)O)c2cccc(NS(=O)(=O)c3cccc(N=C(N)N)c3)c2)cc1)C(=O)O[C@@]12Cc3c1c(c(=O)n1c3-c3nc4ccccc4cc3C1)COC2=O. The van der Waals surface area contributed by atoms with Crippen LogP contribution >= 0.6 is 12.2 Å². The summed E-state index contributed by atoms with van der Waals surface area (Å²) in [5, 5.41) is 19.6. The zero-order valence-corrected chi connectivity index (χ0v) is 46.2. The third kappa shape index (κ3) is 12.1. The number of amides is 1. The number of thiocarbonyl (C=S) groups is 1. The maximum absolute atomic E-state index is 14.3. The molecule has 0 saturated heterocycles. The molecule has 1 unspecified atom stereocenters. The molecule has 0 fully saturated rings. The lowest BCUT2D eigenvalue weighted by molar-refractivity contribution is -0.194. The van der Waals surface area contributed by atoms with E-state index < -0.39 is 79.8 Å². The van der Waals surface area contributed by atoms with Crippen molar-refractivity contribution in [2.75, 3.05) is 23.1 Å². The molecule has 0 bridgehead atoms. The molecule has 1 aliphatic carbocycles. The quantitative estimate of drug-likeness (QED) is 0.0146. The van der Waals surface area contributed by atoms with E-state index >= 15 is 0 Å². The van der Waals surface area contributed by atoms with Gasteiger partial charge in [-0.05, 0) is 110 Å². The molecule has 2 aliphatic heterocycles. The maximum Gasteiger partial charge on any atom is 0.356 e. The van der Waals surface area contributed by atoms with Gasteiger partial charge < -0.3 is 52.3 Å². The van der Waals surface area contributed by atoms with Gasteiger partial charge in [0, 0.05) is 46.4 Å². The van der Waals surface area contributed by atoms with E-state index in [2.05, 4.69) is 30.1 Å². The van der Waals surface area contributed by atoms with Gasteiger partial charge in [0.05, 0.1) is 62.4 Å². The van der Waals surface area contributed by atoms with Crippen LogP contribution in [0.1, 0.15) is 73.3 Å². The standard InChI is InChI=1S/C55H57N11O12S3/c1-30(2)47(52(71)78-55-25-40-46(55)41(29-77-53(55)72)51(70)66-28-34-21-32-9-3-4-14-42(32)63-48(34)49(40)66)64-50(69)43(15-5-6-20-56)62-44(79)27-59-35-16-18-38(19-17-35)80(73,74)60-26-33(23-45(67)68)31-10-7-12-37(22-31)65-81(75,76)39-13-8-11-36(24-39)61-54(57)58/h3-4,7-14,16-19,21-22,24,26,30,33,43,47,59,65H,5-6,15,20,23,25,27-29,56H2,1-2H3,(H,62,79)(H,64,69)(H,67,68)(H4,57,58,61)/b60-26+/t33?,43-,47-,55-/m0/s1. The molecular weight excluding hydrogens is 1100 g/mol. The number of guanidine groups is 1. The topological polar surface area (TPSA) is 361 Å². The number of rotatable bonds is 23. The molecule has 0 radical (unpaired) electrons. The summed E-state index contributed by atoms with van der Waals surface area (Å²) in [6, 6.07) is 24.2. The molecule has 4 atom stereocenters. The van der Waals surface area contributed by atoms with Crippen molar-refractivity contribution in [3.63, 3.8) is 0 Å². The number of carboxylic acids is 1. The highest BCUT2D eigenvalue weighted by Gasteiger charge is 2.61. The number of carboxylic acid groups (broad SMARTS) is 1. The van der Waals surface area contributed by atoms with Crippen LogP contribution in [-0.4, -0.2) is 97.6 Å². The minimum atomic E-state index is -4.39. The van der Waals surface area contributed by atoms with Gasteiger partial charge in [-0.15, -0.1) is 0 Å². The van der Waals surface area contributed by atoms with Crippen molar-refractivity contribution >= 4 is 101 Å². The van der Waals surface area contributed by atoms with E-state index in [9.17, 15) is 45.9 Å². The lowest BCUT2D eigenvalue weighted by Crippen LogP contribution is -2.59. The van der Waals surface area contributed by atoms with Gasteiger partial charge >= 0.3 is 17.9 Å². The molecule has 81 heavy (non-hydrogen) atoms. The number of pyridine rings is 2. The first-order chi connectivity index (χ1) is 38.6. The average molecular weight is 1160 g/mol. The van der Waals surface area contributed by atoms with Crippen LogP contribution < -0.4 is 43.4 Å². The lowest BCUT2D eigenvalue weighted by Gasteiger charge is -2.45. The van der Waals surface area contributed by atoms with E-state index in [1.54, 1.807) is 18.4 Å². The number of unbranched alkanes of at least 4 members (excludes halogenated alkanes) is 1. The highest BCUT2D eigenvalue weighted by molar-refractivity contribution is 7.92. The number of anilines is 2. The van der Waals surface area contributed by atoms with Crippen LogP contribution in [0.3, 0.4) is 0 Å². The van der Waals surface area contributed by atoms with E-state index in [4.69, 9.17) is 43.9 Å². The van der Waals surface area contributed by atoms with E-state index in [1.165, 1.54) is 72.8 Å². The largest absolute Gasteiger partial charge is 0.481 e. The van der Waals surface area contributed by atoms with Crippen molar-refractivity contribution in [1.29, 1.82) is 0 Å². The lowest BCUT2D eigenvalue weighted by atomic mass is 9.69. The molecule has 11 N–H and O–H groups in total. The number of para-hydroxylation sites is 1. The van der Waals surface area contributed by atoms with Gasteiger partial charge in [-0.25, -0.2) is 28.0 Å². The third-order valence-corrected chi connectivity index (χ3v) is 16.9. The monoisotopic (exact) mass is 1160 g/mol. The van der Waals surface area contributed by atoms with E-state index in [1.807, 2.05) is 30.3 Å². The molecule has 6 aromatic rings. The Bertz CT molecular complexity index is 3890. The molecule has 23 nitrogen and oxygen atoms in total. The van der Waals surface area contributed by atoms with Gasteiger partial charge in [-0.1, -0.05) is 62.5 Å². The Hall–Kier alpha value is -8.59. The number of carbonyl (C=O) groups is 4. The number of ether oxygens (including phenoxy) is 2. The molecule has 1 amide bonds. The Morgan fingerprint density at radius 1 is 0.914 bits per heavy atom. The molecule has 26 heteroatoms.